The smallest absolute Gasteiger partial charge is 0.354 e. The maximum absolute atomic E-state index is 12.5. The van der Waals surface area contributed by atoms with Gasteiger partial charge in [0.2, 0.25) is 0 Å². The average molecular weight is 318 g/mol. The Morgan fingerprint density at radius 3 is 2.48 bits per heavy atom. The monoisotopic (exact) mass is 318 g/mol. The number of methoxy groups -OCH3 is 2. The summed E-state index contributed by atoms with van der Waals surface area (Å²) in [7, 11) is 2.85. The molecule has 1 aromatic carbocycles. The van der Waals surface area contributed by atoms with Crippen LogP contribution in [0, 0.1) is 0 Å². The van der Waals surface area contributed by atoms with E-state index in [0.29, 0.717) is 22.2 Å². The third kappa shape index (κ3) is 3.71. The summed E-state index contributed by atoms with van der Waals surface area (Å²) >= 11 is 0. The lowest BCUT2D eigenvalue weighted by Gasteiger charge is -2.20. The van der Waals surface area contributed by atoms with Crippen LogP contribution >= 0.6 is 0 Å². The van der Waals surface area contributed by atoms with Gasteiger partial charge in [-0.1, -0.05) is 0 Å². The molecule has 0 atom stereocenters. The molecule has 0 radical (unpaired) electrons. The number of esters is 1. The highest BCUT2D eigenvalue weighted by Gasteiger charge is 2.19. The quantitative estimate of drug-likeness (QED) is 0.654. The molecule has 0 spiro atoms. The normalized spacial score (nSPS) is 11.5. The first-order valence-corrected chi connectivity index (χ1v) is 7.33. The van der Waals surface area contributed by atoms with Gasteiger partial charge in [-0.3, -0.25) is 4.79 Å². The van der Waals surface area contributed by atoms with Crippen LogP contribution in [-0.2, 0) is 4.74 Å². The van der Waals surface area contributed by atoms with Crippen LogP contribution in [0.2, 0.25) is 0 Å². The Morgan fingerprint density at radius 2 is 1.91 bits per heavy atom. The lowest BCUT2D eigenvalue weighted by Crippen LogP contribution is -2.39. The molecule has 1 heterocycles. The van der Waals surface area contributed by atoms with E-state index in [9.17, 15) is 9.59 Å². The number of H-pyrrole nitrogens is 1. The van der Waals surface area contributed by atoms with Crippen molar-refractivity contribution in [3.63, 3.8) is 0 Å². The topological polar surface area (TPSA) is 80.4 Å². The molecule has 0 saturated heterocycles. The molecule has 0 aliphatic carbocycles. The highest BCUT2D eigenvalue weighted by molar-refractivity contribution is 6.11. The SMILES string of the molecule is COC(=O)c1cc2c(C(=O)CNC(C)(C)C)ccc(OC)c2[nH]1. The third-order valence-electron chi connectivity index (χ3n) is 3.46. The zero-order valence-electron chi connectivity index (χ0n) is 14.1. The number of nitrogens with one attached hydrogen (secondary N) is 2. The molecule has 0 saturated carbocycles. The number of carbonyl (C=O) groups excluding carboxylic acids is 2. The first-order chi connectivity index (χ1) is 10.8. The molecule has 0 aliphatic rings. The number of carbonyl (C=O) groups is 2. The fourth-order valence-electron chi connectivity index (χ4n) is 2.27. The van der Waals surface area contributed by atoms with Gasteiger partial charge in [0.15, 0.2) is 5.78 Å². The van der Waals surface area contributed by atoms with E-state index in [2.05, 4.69) is 10.3 Å². The lowest BCUT2D eigenvalue weighted by molar-refractivity contribution is 0.0595. The number of hydrogen-bond donors (Lipinski definition) is 2. The molecule has 0 amide bonds. The van der Waals surface area contributed by atoms with Gasteiger partial charge in [-0.2, -0.15) is 0 Å². The van der Waals surface area contributed by atoms with Gasteiger partial charge in [-0.25, -0.2) is 4.79 Å². The van der Waals surface area contributed by atoms with Crippen molar-refractivity contribution in [2.24, 2.45) is 0 Å². The summed E-state index contributed by atoms with van der Waals surface area (Å²) in [5, 5.41) is 3.82. The number of ketones is 1. The van der Waals surface area contributed by atoms with Crippen molar-refractivity contribution >= 4 is 22.7 Å². The van der Waals surface area contributed by atoms with Crippen LogP contribution in [0.25, 0.3) is 10.9 Å². The minimum atomic E-state index is -0.491. The standard InChI is InChI=1S/C17H22N2O4/c1-17(2,3)18-9-13(20)10-6-7-14(22-4)15-11(10)8-12(19-15)16(21)23-5/h6-8,18-19H,9H2,1-5H3. The Bertz CT molecular complexity index is 741. The van der Waals surface area contributed by atoms with Gasteiger partial charge in [0, 0.05) is 16.5 Å². The predicted molar refractivity (Wildman–Crippen MR) is 88.3 cm³/mol. The summed E-state index contributed by atoms with van der Waals surface area (Å²) < 4.78 is 10.0. The average Bonchev–Trinajstić information content (AvgIpc) is 2.95. The molecule has 2 rings (SSSR count). The largest absolute Gasteiger partial charge is 0.495 e. The number of hydrogen-bond acceptors (Lipinski definition) is 5. The van der Waals surface area contributed by atoms with Crippen molar-refractivity contribution in [1.82, 2.24) is 10.3 Å². The molecule has 0 fully saturated rings. The number of rotatable bonds is 5. The Morgan fingerprint density at radius 1 is 1.22 bits per heavy atom. The van der Waals surface area contributed by atoms with E-state index in [1.807, 2.05) is 20.8 Å². The lowest BCUT2D eigenvalue weighted by atomic mass is 10.0. The fourth-order valence-corrected chi connectivity index (χ4v) is 2.27. The highest BCUT2D eigenvalue weighted by Crippen LogP contribution is 2.29. The van der Waals surface area contributed by atoms with Gasteiger partial charge < -0.3 is 19.8 Å². The number of benzene rings is 1. The van der Waals surface area contributed by atoms with Gasteiger partial charge in [0.1, 0.15) is 11.4 Å². The number of fused-ring (bicyclic) bond motifs is 1. The minimum absolute atomic E-state index is 0.0528. The Hall–Kier alpha value is -2.34. The maximum atomic E-state index is 12.5. The Balaban J connectivity index is 2.46. The van der Waals surface area contributed by atoms with Gasteiger partial charge in [-0.05, 0) is 39.0 Å². The van der Waals surface area contributed by atoms with Gasteiger partial charge in [-0.15, -0.1) is 0 Å². The van der Waals surface area contributed by atoms with Crippen molar-refractivity contribution in [2.45, 2.75) is 26.3 Å². The van der Waals surface area contributed by atoms with Crippen molar-refractivity contribution in [1.29, 1.82) is 0 Å². The molecular weight excluding hydrogens is 296 g/mol. The van der Waals surface area contributed by atoms with Crippen molar-refractivity contribution < 1.29 is 19.1 Å². The van der Waals surface area contributed by atoms with Gasteiger partial charge in [0.25, 0.3) is 0 Å². The van der Waals surface area contributed by atoms with E-state index < -0.39 is 5.97 Å². The summed E-state index contributed by atoms with van der Waals surface area (Å²) in [6.07, 6.45) is 0. The van der Waals surface area contributed by atoms with Crippen LogP contribution in [0.1, 0.15) is 41.6 Å². The third-order valence-corrected chi connectivity index (χ3v) is 3.46. The minimum Gasteiger partial charge on any atom is -0.495 e. The summed E-state index contributed by atoms with van der Waals surface area (Å²) in [6.45, 7) is 6.20. The van der Waals surface area contributed by atoms with E-state index in [-0.39, 0.29) is 23.6 Å². The van der Waals surface area contributed by atoms with Crippen LogP contribution in [0.4, 0.5) is 0 Å². The Labute approximate surface area is 135 Å². The van der Waals surface area contributed by atoms with Crippen LogP contribution in [0.5, 0.6) is 5.75 Å². The van der Waals surface area contributed by atoms with E-state index in [1.165, 1.54) is 14.2 Å². The number of aromatic nitrogens is 1. The zero-order chi connectivity index (χ0) is 17.2. The predicted octanol–water partition coefficient (Wildman–Crippen LogP) is 2.53. The second kappa shape index (κ2) is 6.42. The van der Waals surface area contributed by atoms with Crippen LogP contribution < -0.4 is 10.1 Å². The summed E-state index contributed by atoms with van der Waals surface area (Å²) in [5.41, 5.74) is 1.26. The molecule has 6 heteroatoms. The van der Waals surface area contributed by atoms with Gasteiger partial charge in [0.05, 0.1) is 26.3 Å². The molecule has 2 N–H and O–H groups in total. The summed E-state index contributed by atoms with van der Waals surface area (Å²) in [6, 6.07) is 5.04. The highest BCUT2D eigenvalue weighted by atomic mass is 16.5. The van der Waals surface area contributed by atoms with Crippen LogP contribution in [0.15, 0.2) is 18.2 Å². The molecule has 0 unspecified atom stereocenters. The number of ether oxygens (including phenoxy) is 2. The molecule has 6 nitrogen and oxygen atoms in total. The first-order valence-electron chi connectivity index (χ1n) is 7.33. The number of Topliss-reactive ketones (excluding diaryl/α,β-unsaturated/α-hetero) is 1. The summed E-state index contributed by atoms with van der Waals surface area (Å²) in [5.74, 6) is 0.0212. The molecule has 124 valence electrons. The fraction of sp³-hybridized carbons (Fsp3) is 0.412. The van der Waals surface area contributed by atoms with Gasteiger partial charge >= 0.3 is 5.97 Å². The second-order valence-corrected chi connectivity index (χ2v) is 6.31. The Kier molecular flexibility index (Phi) is 4.75. The van der Waals surface area contributed by atoms with E-state index >= 15 is 0 Å². The van der Waals surface area contributed by atoms with Crippen molar-refractivity contribution in [3.8, 4) is 5.75 Å². The molecule has 1 aromatic heterocycles. The van der Waals surface area contributed by atoms with E-state index in [1.54, 1.807) is 18.2 Å². The summed E-state index contributed by atoms with van der Waals surface area (Å²) in [4.78, 5) is 27.2. The second-order valence-electron chi connectivity index (χ2n) is 6.31. The van der Waals surface area contributed by atoms with Crippen molar-refractivity contribution in [2.75, 3.05) is 20.8 Å². The zero-order valence-corrected chi connectivity index (χ0v) is 14.1. The molecule has 0 bridgehead atoms. The number of aromatic amines is 1. The van der Waals surface area contributed by atoms with Crippen molar-refractivity contribution in [3.05, 3.63) is 29.5 Å². The molecule has 23 heavy (non-hydrogen) atoms. The maximum Gasteiger partial charge on any atom is 0.354 e. The van der Waals surface area contributed by atoms with E-state index in [4.69, 9.17) is 9.47 Å². The van der Waals surface area contributed by atoms with Crippen LogP contribution in [0.3, 0.4) is 0 Å². The molecular formula is C17H22N2O4. The van der Waals surface area contributed by atoms with E-state index in [0.717, 1.165) is 0 Å². The molecule has 2 aromatic rings. The first kappa shape index (κ1) is 17.0. The molecule has 0 aliphatic heterocycles. The van der Waals surface area contributed by atoms with Crippen LogP contribution in [-0.4, -0.2) is 43.0 Å².